The minimum absolute atomic E-state index is 0.0285. The third-order valence-electron chi connectivity index (χ3n) is 4.11. The average molecular weight is 307 g/mol. The van der Waals surface area contributed by atoms with E-state index in [1.807, 2.05) is 6.92 Å². The Morgan fingerprint density at radius 1 is 1.27 bits per heavy atom. The second-order valence-corrected chi connectivity index (χ2v) is 5.64. The minimum Gasteiger partial charge on any atom is -0.505 e. The highest BCUT2D eigenvalue weighted by Gasteiger charge is 2.23. The van der Waals surface area contributed by atoms with Gasteiger partial charge in [-0.1, -0.05) is 25.3 Å². The van der Waals surface area contributed by atoms with Crippen molar-refractivity contribution < 1.29 is 24.5 Å². The summed E-state index contributed by atoms with van der Waals surface area (Å²) in [6, 6.07) is 4.14. The molecule has 0 heterocycles. The molecule has 1 aliphatic rings. The molecule has 6 heteroatoms. The molecule has 0 aromatic heterocycles. The van der Waals surface area contributed by atoms with Crippen LogP contribution in [0.2, 0.25) is 0 Å². The molecule has 1 aromatic rings. The summed E-state index contributed by atoms with van der Waals surface area (Å²) in [5.41, 5.74) is -0.237. The van der Waals surface area contributed by atoms with Crippen molar-refractivity contribution >= 4 is 17.7 Å². The standard InChI is InChI=1S/C16H21NO5/c1-10(11-6-3-2-4-7-11)22-16(21)17-13-9-5-8-12(14(13)18)15(19)20/h5,8-11,18H,2-4,6-7H2,1H3,(H,17,21)(H,19,20). The number of aromatic carboxylic acids is 1. The Morgan fingerprint density at radius 3 is 2.59 bits per heavy atom. The van der Waals surface area contributed by atoms with Gasteiger partial charge in [-0.25, -0.2) is 9.59 Å². The van der Waals surface area contributed by atoms with Gasteiger partial charge in [0.2, 0.25) is 0 Å². The normalized spacial score (nSPS) is 16.8. The number of anilines is 1. The summed E-state index contributed by atoms with van der Waals surface area (Å²) in [4.78, 5) is 22.8. The van der Waals surface area contributed by atoms with E-state index in [0.717, 1.165) is 25.7 Å². The van der Waals surface area contributed by atoms with Gasteiger partial charge in [-0.15, -0.1) is 0 Å². The lowest BCUT2D eigenvalue weighted by Gasteiger charge is -2.27. The molecule has 0 saturated heterocycles. The van der Waals surface area contributed by atoms with Gasteiger partial charge in [-0.2, -0.15) is 0 Å². The molecular formula is C16H21NO5. The van der Waals surface area contributed by atoms with E-state index in [4.69, 9.17) is 9.84 Å². The number of nitrogens with one attached hydrogen (secondary N) is 1. The van der Waals surface area contributed by atoms with Crippen molar-refractivity contribution in [1.82, 2.24) is 0 Å². The lowest BCUT2D eigenvalue weighted by atomic mass is 9.86. The molecule has 0 aliphatic heterocycles. The number of aromatic hydroxyl groups is 1. The van der Waals surface area contributed by atoms with Crippen LogP contribution in [-0.2, 0) is 4.74 Å². The maximum absolute atomic E-state index is 11.9. The Bertz CT molecular complexity index is 551. The zero-order chi connectivity index (χ0) is 16.1. The van der Waals surface area contributed by atoms with Crippen molar-refractivity contribution in [2.75, 3.05) is 5.32 Å². The highest BCUT2D eigenvalue weighted by molar-refractivity contribution is 5.96. The number of benzene rings is 1. The number of hydrogen-bond donors (Lipinski definition) is 3. The van der Waals surface area contributed by atoms with Crippen LogP contribution in [0.1, 0.15) is 49.4 Å². The number of rotatable bonds is 4. The first-order chi connectivity index (χ1) is 10.5. The van der Waals surface area contributed by atoms with Gasteiger partial charge < -0.3 is 14.9 Å². The second kappa shape index (κ2) is 7.15. The second-order valence-electron chi connectivity index (χ2n) is 5.64. The zero-order valence-corrected chi connectivity index (χ0v) is 12.5. The van der Waals surface area contributed by atoms with Crippen LogP contribution in [0.4, 0.5) is 10.5 Å². The molecule has 6 nitrogen and oxygen atoms in total. The highest BCUT2D eigenvalue weighted by atomic mass is 16.6. The number of phenols is 1. The Balaban J connectivity index is 1.97. The van der Waals surface area contributed by atoms with E-state index in [9.17, 15) is 14.7 Å². The fraction of sp³-hybridized carbons (Fsp3) is 0.500. The molecule has 2 rings (SSSR count). The highest BCUT2D eigenvalue weighted by Crippen LogP contribution is 2.29. The molecule has 3 N–H and O–H groups in total. The lowest BCUT2D eigenvalue weighted by Crippen LogP contribution is -2.28. The summed E-state index contributed by atoms with van der Waals surface area (Å²) in [6.45, 7) is 1.86. The molecule has 1 saturated carbocycles. The Hall–Kier alpha value is -2.24. The van der Waals surface area contributed by atoms with Gasteiger partial charge in [-0.05, 0) is 37.8 Å². The monoisotopic (exact) mass is 307 g/mol. The summed E-state index contributed by atoms with van der Waals surface area (Å²) < 4.78 is 5.34. The first-order valence-corrected chi connectivity index (χ1v) is 7.52. The van der Waals surface area contributed by atoms with Gasteiger partial charge in [0.25, 0.3) is 0 Å². The molecule has 1 aromatic carbocycles. The molecular weight excluding hydrogens is 286 g/mol. The van der Waals surface area contributed by atoms with Gasteiger partial charge in [0.15, 0.2) is 5.75 Å². The summed E-state index contributed by atoms with van der Waals surface area (Å²) in [5, 5.41) is 21.2. The van der Waals surface area contributed by atoms with Crippen LogP contribution in [0.25, 0.3) is 0 Å². The van der Waals surface area contributed by atoms with E-state index in [-0.39, 0.29) is 17.4 Å². The van der Waals surface area contributed by atoms with Crippen LogP contribution in [-0.4, -0.2) is 28.4 Å². The van der Waals surface area contributed by atoms with Crippen molar-refractivity contribution in [2.24, 2.45) is 5.92 Å². The Labute approximate surface area is 129 Å². The molecule has 1 aliphatic carbocycles. The number of carboxylic acids is 1. The van der Waals surface area contributed by atoms with Crippen molar-refractivity contribution in [3.8, 4) is 5.75 Å². The molecule has 0 radical (unpaired) electrons. The smallest absolute Gasteiger partial charge is 0.412 e. The third kappa shape index (κ3) is 3.90. The molecule has 22 heavy (non-hydrogen) atoms. The number of carbonyl (C=O) groups excluding carboxylic acids is 1. The van der Waals surface area contributed by atoms with Crippen molar-refractivity contribution in [3.05, 3.63) is 23.8 Å². The fourth-order valence-corrected chi connectivity index (χ4v) is 2.83. The van der Waals surface area contributed by atoms with E-state index in [1.54, 1.807) is 0 Å². The molecule has 1 unspecified atom stereocenters. The lowest BCUT2D eigenvalue weighted by molar-refractivity contribution is 0.0680. The van der Waals surface area contributed by atoms with Crippen molar-refractivity contribution in [3.63, 3.8) is 0 Å². The van der Waals surface area contributed by atoms with Crippen LogP contribution in [0.5, 0.6) is 5.75 Å². The number of para-hydroxylation sites is 1. The number of ether oxygens (including phenoxy) is 1. The van der Waals surface area contributed by atoms with Crippen molar-refractivity contribution in [1.29, 1.82) is 0 Å². The predicted molar refractivity (Wildman–Crippen MR) is 81.2 cm³/mol. The molecule has 0 spiro atoms. The first kappa shape index (κ1) is 16.1. The third-order valence-corrected chi connectivity index (χ3v) is 4.11. The number of carboxylic acid groups (broad SMARTS) is 1. The van der Waals surface area contributed by atoms with Gasteiger partial charge in [0.05, 0.1) is 5.69 Å². The minimum atomic E-state index is -1.26. The molecule has 1 atom stereocenters. The zero-order valence-electron chi connectivity index (χ0n) is 12.5. The molecule has 120 valence electrons. The first-order valence-electron chi connectivity index (χ1n) is 7.52. The fourth-order valence-electron chi connectivity index (χ4n) is 2.83. The van der Waals surface area contributed by atoms with Crippen LogP contribution >= 0.6 is 0 Å². The number of carbonyl (C=O) groups is 2. The van der Waals surface area contributed by atoms with E-state index < -0.39 is 17.8 Å². The molecule has 1 fully saturated rings. The summed E-state index contributed by atoms with van der Waals surface area (Å²) >= 11 is 0. The van der Waals surface area contributed by atoms with Gasteiger partial charge in [0, 0.05) is 0 Å². The SMILES string of the molecule is CC(OC(=O)Nc1cccc(C(=O)O)c1O)C1CCCCC1. The van der Waals surface area contributed by atoms with Crippen LogP contribution in [0.15, 0.2) is 18.2 Å². The molecule has 1 amide bonds. The van der Waals surface area contributed by atoms with Gasteiger partial charge >= 0.3 is 12.1 Å². The largest absolute Gasteiger partial charge is 0.505 e. The van der Waals surface area contributed by atoms with Crippen LogP contribution in [0, 0.1) is 5.92 Å². The van der Waals surface area contributed by atoms with E-state index in [2.05, 4.69) is 5.32 Å². The van der Waals surface area contributed by atoms with Gasteiger partial charge in [0.1, 0.15) is 11.7 Å². The predicted octanol–water partition coefficient (Wildman–Crippen LogP) is 3.61. The Kier molecular flexibility index (Phi) is 5.25. The summed E-state index contributed by atoms with van der Waals surface area (Å²) in [6.07, 6.45) is 4.75. The van der Waals surface area contributed by atoms with E-state index >= 15 is 0 Å². The molecule has 0 bridgehead atoms. The van der Waals surface area contributed by atoms with Crippen LogP contribution < -0.4 is 5.32 Å². The number of hydrogen-bond acceptors (Lipinski definition) is 4. The van der Waals surface area contributed by atoms with E-state index in [1.165, 1.54) is 24.6 Å². The van der Waals surface area contributed by atoms with Crippen LogP contribution in [0.3, 0.4) is 0 Å². The maximum atomic E-state index is 11.9. The summed E-state index contributed by atoms with van der Waals surface area (Å²) in [7, 11) is 0. The maximum Gasteiger partial charge on any atom is 0.412 e. The van der Waals surface area contributed by atoms with E-state index in [0.29, 0.717) is 5.92 Å². The van der Waals surface area contributed by atoms with Crippen molar-refractivity contribution in [2.45, 2.75) is 45.1 Å². The average Bonchev–Trinajstić information content (AvgIpc) is 2.50. The van der Waals surface area contributed by atoms with Gasteiger partial charge in [-0.3, -0.25) is 5.32 Å². The number of amides is 1. The quantitative estimate of drug-likeness (QED) is 0.738. The topological polar surface area (TPSA) is 95.9 Å². The summed E-state index contributed by atoms with van der Waals surface area (Å²) in [5.74, 6) is -1.37. The Morgan fingerprint density at radius 2 is 1.95 bits per heavy atom.